The second kappa shape index (κ2) is 8.77. The van der Waals surface area contributed by atoms with Crippen molar-refractivity contribution in [3.8, 4) is 0 Å². The maximum absolute atomic E-state index is 13.1. The van der Waals surface area contributed by atoms with Crippen LogP contribution < -0.4 is 5.32 Å². The maximum atomic E-state index is 13.1. The summed E-state index contributed by atoms with van der Waals surface area (Å²) in [7, 11) is -3.54. The van der Waals surface area contributed by atoms with E-state index in [0.717, 1.165) is 50.6 Å². The molecule has 0 saturated carbocycles. The summed E-state index contributed by atoms with van der Waals surface area (Å²) < 4.78 is 27.8. The lowest BCUT2D eigenvalue weighted by atomic mass is 9.93. The fourth-order valence-electron chi connectivity index (χ4n) is 4.37. The van der Waals surface area contributed by atoms with Gasteiger partial charge in [0.15, 0.2) is 5.13 Å². The Kier molecular flexibility index (Phi) is 6.27. The Morgan fingerprint density at radius 3 is 2.73 bits per heavy atom. The number of thiazole rings is 1. The molecule has 1 aliphatic carbocycles. The Bertz CT molecular complexity index is 1010. The Balaban J connectivity index is 1.47. The van der Waals surface area contributed by atoms with E-state index in [4.69, 9.17) is 0 Å². The largest absolute Gasteiger partial charge is 0.298 e. The highest BCUT2D eigenvalue weighted by atomic mass is 32.2. The topological polar surface area (TPSA) is 79.4 Å². The van der Waals surface area contributed by atoms with E-state index < -0.39 is 10.0 Å². The van der Waals surface area contributed by atoms with Crippen LogP contribution in [0.5, 0.6) is 0 Å². The van der Waals surface area contributed by atoms with E-state index >= 15 is 0 Å². The van der Waals surface area contributed by atoms with Crippen molar-refractivity contribution in [2.75, 3.05) is 11.9 Å². The highest BCUT2D eigenvalue weighted by molar-refractivity contribution is 7.89. The van der Waals surface area contributed by atoms with Gasteiger partial charge in [-0.1, -0.05) is 20.3 Å². The van der Waals surface area contributed by atoms with E-state index in [1.165, 1.54) is 4.88 Å². The molecule has 0 radical (unpaired) electrons. The summed E-state index contributed by atoms with van der Waals surface area (Å²) in [5.41, 5.74) is 1.53. The summed E-state index contributed by atoms with van der Waals surface area (Å²) in [6, 6.07) is 6.32. The first-order chi connectivity index (χ1) is 14.4. The Labute approximate surface area is 182 Å². The molecule has 30 heavy (non-hydrogen) atoms. The summed E-state index contributed by atoms with van der Waals surface area (Å²) >= 11 is 1.55. The van der Waals surface area contributed by atoms with Gasteiger partial charge in [-0.2, -0.15) is 4.31 Å². The third-order valence-electron chi connectivity index (χ3n) is 6.17. The molecule has 1 aliphatic heterocycles. The third-order valence-corrected chi connectivity index (χ3v) is 9.18. The van der Waals surface area contributed by atoms with Crippen LogP contribution in [-0.4, -0.2) is 36.2 Å². The van der Waals surface area contributed by atoms with Crippen molar-refractivity contribution in [2.45, 2.75) is 69.7 Å². The van der Waals surface area contributed by atoms with Crippen molar-refractivity contribution in [1.82, 2.24) is 9.29 Å². The second-order valence-electron chi connectivity index (χ2n) is 8.39. The molecule has 1 saturated heterocycles. The van der Waals surface area contributed by atoms with Gasteiger partial charge in [-0.3, -0.25) is 10.1 Å². The fourth-order valence-corrected chi connectivity index (χ4v) is 7.31. The molecule has 0 spiro atoms. The molecule has 162 valence electrons. The molecular formula is C22H29N3O3S2. The van der Waals surface area contributed by atoms with E-state index in [1.807, 2.05) is 6.92 Å². The number of piperidine rings is 1. The molecule has 1 amide bonds. The first kappa shape index (κ1) is 21.5. The second-order valence-corrected chi connectivity index (χ2v) is 11.4. The summed E-state index contributed by atoms with van der Waals surface area (Å²) in [4.78, 5) is 18.7. The zero-order valence-corrected chi connectivity index (χ0v) is 19.2. The molecule has 4 rings (SSSR count). The van der Waals surface area contributed by atoms with Gasteiger partial charge in [0, 0.05) is 23.0 Å². The van der Waals surface area contributed by atoms with Gasteiger partial charge in [0.2, 0.25) is 10.0 Å². The highest BCUT2D eigenvalue weighted by Crippen LogP contribution is 2.32. The van der Waals surface area contributed by atoms with E-state index in [-0.39, 0.29) is 16.8 Å². The van der Waals surface area contributed by atoms with Gasteiger partial charge < -0.3 is 0 Å². The van der Waals surface area contributed by atoms with Crippen molar-refractivity contribution in [3.63, 3.8) is 0 Å². The summed E-state index contributed by atoms with van der Waals surface area (Å²) in [6.45, 7) is 4.84. The molecule has 1 N–H and O–H groups in total. The standard InChI is InChI=1S/C22H29N3O3S2/c1-3-17-6-4-5-13-25(17)30(27,28)18-10-8-16(9-11-18)21(26)24-22-23-19-12-7-15(2)14-20(19)29-22/h8-11,15,17H,3-7,12-14H2,1-2H3,(H,23,24,26)/t15-,17+/m0/s1. The van der Waals surface area contributed by atoms with Crippen LogP contribution in [0.2, 0.25) is 0 Å². The number of hydrogen-bond donors (Lipinski definition) is 1. The normalized spacial score (nSPS) is 22.5. The Morgan fingerprint density at radius 1 is 1.23 bits per heavy atom. The van der Waals surface area contributed by atoms with Crippen molar-refractivity contribution in [2.24, 2.45) is 5.92 Å². The molecule has 6 nitrogen and oxygen atoms in total. The molecule has 1 fully saturated rings. The number of nitrogens with one attached hydrogen (secondary N) is 1. The van der Waals surface area contributed by atoms with E-state index in [9.17, 15) is 13.2 Å². The molecule has 8 heteroatoms. The zero-order chi connectivity index (χ0) is 21.3. The minimum atomic E-state index is -3.54. The van der Waals surface area contributed by atoms with Gasteiger partial charge in [-0.05, 0) is 68.7 Å². The smallest absolute Gasteiger partial charge is 0.257 e. The van der Waals surface area contributed by atoms with Crippen LogP contribution in [0.4, 0.5) is 5.13 Å². The van der Waals surface area contributed by atoms with Crippen LogP contribution in [0.25, 0.3) is 0 Å². The number of amides is 1. The average Bonchev–Trinajstić information content (AvgIpc) is 3.15. The van der Waals surface area contributed by atoms with Gasteiger partial charge >= 0.3 is 0 Å². The van der Waals surface area contributed by atoms with E-state index in [0.29, 0.717) is 23.2 Å². The summed E-state index contributed by atoms with van der Waals surface area (Å²) in [6.07, 6.45) is 6.81. The first-order valence-corrected chi connectivity index (χ1v) is 13.1. The predicted molar refractivity (Wildman–Crippen MR) is 120 cm³/mol. The number of aromatic nitrogens is 1. The van der Waals surface area contributed by atoms with Crippen LogP contribution in [0.15, 0.2) is 29.2 Å². The Hall–Kier alpha value is -1.77. The Morgan fingerprint density at radius 2 is 2.00 bits per heavy atom. The lowest BCUT2D eigenvalue weighted by Gasteiger charge is -2.34. The number of hydrogen-bond acceptors (Lipinski definition) is 5. The van der Waals surface area contributed by atoms with Crippen molar-refractivity contribution >= 4 is 32.4 Å². The van der Waals surface area contributed by atoms with Crippen molar-refractivity contribution in [1.29, 1.82) is 0 Å². The summed E-state index contributed by atoms with van der Waals surface area (Å²) in [5, 5.41) is 3.50. The van der Waals surface area contributed by atoms with Gasteiger partial charge in [0.05, 0.1) is 10.6 Å². The number of aryl methyl sites for hydroxylation is 1. The summed E-state index contributed by atoms with van der Waals surface area (Å²) in [5.74, 6) is 0.394. The lowest BCUT2D eigenvalue weighted by molar-refractivity contribution is 0.102. The molecule has 1 aromatic heterocycles. The lowest BCUT2D eigenvalue weighted by Crippen LogP contribution is -2.43. The molecule has 1 aromatic carbocycles. The van der Waals surface area contributed by atoms with Crippen LogP contribution in [0, 0.1) is 5.92 Å². The number of anilines is 1. The molecule has 0 unspecified atom stereocenters. The minimum Gasteiger partial charge on any atom is -0.298 e. The monoisotopic (exact) mass is 447 g/mol. The molecule has 0 bridgehead atoms. The number of rotatable bonds is 5. The van der Waals surface area contributed by atoms with Crippen LogP contribution in [0.3, 0.4) is 0 Å². The number of carbonyl (C=O) groups is 1. The van der Waals surface area contributed by atoms with Gasteiger partial charge in [0.25, 0.3) is 5.91 Å². The molecule has 2 atom stereocenters. The van der Waals surface area contributed by atoms with Gasteiger partial charge in [-0.25, -0.2) is 13.4 Å². The van der Waals surface area contributed by atoms with Crippen molar-refractivity contribution < 1.29 is 13.2 Å². The minimum absolute atomic E-state index is 0.0605. The molecule has 2 aliphatic rings. The van der Waals surface area contributed by atoms with Crippen LogP contribution >= 0.6 is 11.3 Å². The number of sulfonamides is 1. The van der Waals surface area contributed by atoms with Crippen LogP contribution in [0.1, 0.15) is 66.9 Å². The zero-order valence-electron chi connectivity index (χ0n) is 17.6. The molecule has 2 heterocycles. The number of nitrogens with zero attached hydrogens (tertiary/aromatic N) is 2. The number of fused-ring (bicyclic) bond motifs is 1. The third kappa shape index (κ3) is 4.31. The molecule has 2 aromatic rings. The quantitative estimate of drug-likeness (QED) is 0.733. The van der Waals surface area contributed by atoms with E-state index in [1.54, 1.807) is 39.9 Å². The van der Waals surface area contributed by atoms with Gasteiger partial charge in [-0.15, -0.1) is 11.3 Å². The van der Waals surface area contributed by atoms with Gasteiger partial charge in [0.1, 0.15) is 0 Å². The first-order valence-electron chi connectivity index (χ1n) is 10.8. The molecular weight excluding hydrogens is 418 g/mol. The number of benzene rings is 1. The number of carbonyl (C=O) groups excluding carboxylic acids is 1. The van der Waals surface area contributed by atoms with Crippen molar-refractivity contribution in [3.05, 3.63) is 40.4 Å². The highest BCUT2D eigenvalue weighted by Gasteiger charge is 2.32. The predicted octanol–water partition coefficient (Wildman–Crippen LogP) is 4.47. The average molecular weight is 448 g/mol. The SMILES string of the molecule is CC[C@@H]1CCCCN1S(=O)(=O)c1ccc(C(=O)Nc2nc3c(s2)C[C@@H](C)CC3)cc1. The van der Waals surface area contributed by atoms with Crippen LogP contribution in [-0.2, 0) is 22.9 Å². The van der Waals surface area contributed by atoms with E-state index in [2.05, 4.69) is 17.2 Å². The maximum Gasteiger partial charge on any atom is 0.257 e. The fraction of sp³-hybridized carbons (Fsp3) is 0.545.